The van der Waals surface area contributed by atoms with E-state index < -0.39 is 22.5 Å². The van der Waals surface area contributed by atoms with Crippen LogP contribution in [0.4, 0.5) is 5.69 Å². The van der Waals surface area contributed by atoms with E-state index >= 15 is 0 Å². The number of hydrogen-bond donors (Lipinski definition) is 1. The standard InChI is InChI=1S/C24H24ClN3O3S/c1-17-4-11-22(12-5-17)32(30,31)28(23-13-6-18(2)14-19(23)3)16-24(29)27-26-15-20-7-9-21(25)10-8-20/h4-15H,16H2,1-3H3,(H,27,29)/b26-15-. The smallest absolute Gasteiger partial charge is 0.264 e. The summed E-state index contributed by atoms with van der Waals surface area (Å²) in [6, 6.07) is 18.9. The van der Waals surface area contributed by atoms with Crippen LogP contribution in [0.1, 0.15) is 22.3 Å². The van der Waals surface area contributed by atoms with Gasteiger partial charge in [-0.2, -0.15) is 5.10 Å². The summed E-state index contributed by atoms with van der Waals surface area (Å²) in [4.78, 5) is 12.7. The van der Waals surface area contributed by atoms with E-state index in [1.54, 1.807) is 42.5 Å². The third kappa shape index (κ3) is 5.75. The first-order valence-electron chi connectivity index (χ1n) is 9.91. The molecule has 1 amide bonds. The molecule has 32 heavy (non-hydrogen) atoms. The van der Waals surface area contributed by atoms with Crippen LogP contribution in [0.3, 0.4) is 0 Å². The molecule has 3 aromatic carbocycles. The summed E-state index contributed by atoms with van der Waals surface area (Å²) in [6.45, 7) is 5.20. The number of carbonyl (C=O) groups excluding carboxylic acids is 1. The maximum Gasteiger partial charge on any atom is 0.264 e. The van der Waals surface area contributed by atoms with Gasteiger partial charge in [0.05, 0.1) is 16.8 Å². The molecule has 0 aliphatic rings. The highest BCUT2D eigenvalue weighted by molar-refractivity contribution is 7.92. The molecule has 0 aliphatic carbocycles. The lowest BCUT2D eigenvalue weighted by molar-refractivity contribution is -0.119. The Labute approximate surface area is 193 Å². The Bertz CT molecular complexity index is 1240. The molecule has 0 unspecified atom stereocenters. The summed E-state index contributed by atoms with van der Waals surface area (Å²) in [6.07, 6.45) is 1.46. The van der Waals surface area contributed by atoms with Gasteiger partial charge in [0.2, 0.25) is 0 Å². The van der Waals surface area contributed by atoms with Gasteiger partial charge < -0.3 is 0 Å². The van der Waals surface area contributed by atoms with Crippen molar-refractivity contribution in [2.75, 3.05) is 10.8 Å². The largest absolute Gasteiger partial charge is 0.271 e. The van der Waals surface area contributed by atoms with Gasteiger partial charge in [0, 0.05) is 5.02 Å². The van der Waals surface area contributed by atoms with Crippen molar-refractivity contribution in [3.63, 3.8) is 0 Å². The van der Waals surface area contributed by atoms with Crippen LogP contribution in [0.25, 0.3) is 0 Å². The zero-order valence-electron chi connectivity index (χ0n) is 18.0. The van der Waals surface area contributed by atoms with Gasteiger partial charge in [0.15, 0.2) is 0 Å². The van der Waals surface area contributed by atoms with E-state index in [1.165, 1.54) is 18.3 Å². The number of rotatable bonds is 7. The zero-order chi connectivity index (χ0) is 23.3. The molecular weight excluding hydrogens is 446 g/mol. The van der Waals surface area contributed by atoms with Crippen LogP contribution in [0.2, 0.25) is 5.02 Å². The second-order valence-corrected chi connectivity index (χ2v) is 9.76. The van der Waals surface area contributed by atoms with E-state index in [9.17, 15) is 13.2 Å². The van der Waals surface area contributed by atoms with Crippen molar-refractivity contribution in [3.05, 3.63) is 94.0 Å². The van der Waals surface area contributed by atoms with Crippen LogP contribution >= 0.6 is 11.6 Å². The number of nitrogens with zero attached hydrogens (tertiary/aromatic N) is 2. The second-order valence-electron chi connectivity index (χ2n) is 7.46. The van der Waals surface area contributed by atoms with Crippen LogP contribution in [0.5, 0.6) is 0 Å². The number of hydrazone groups is 1. The van der Waals surface area contributed by atoms with E-state index in [2.05, 4.69) is 10.5 Å². The van der Waals surface area contributed by atoms with Crippen molar-refractivity contribution in [2.45, 2.75) is 25.7 Å². The summed E-state index contributed by atoms with van der Waals surface area (Å²) in [5.74, 6) is -0.564. The van der Waals surface area contributed by atoms with E-state index in [-0.39, 0.29) is 4.90 Å². The molecule has 3 rings (SSSR count). The summed E-state index contributed by atoms with van der Waals surface area (Å²) in [5, 5.41) is 4.53. The molecule has 0 heterocycles. The van der Waals surface area contributed by atoms with Gasteiger partial charge in [0.25, 0.3) is 15.9 Å². The lowest BCUT2D eigenvalue weighted by Crippen LogP contribution is -2.40. The number of halogens is 1. The molecule has 1 N–H and O–H groups in total. The fourth-order valence-electron chi connectivity index (χ4n) is 3.12. The summed E-state index contributed by atoms with van der Waals surface area (Å²) in [5.41, 5.74) is 6.27. The molecular formula is C24H24ClN3O3S. The summed E-state index contributed by atoms with van der Waals surface area (Å²) < 4.78 is 28.0. The molecule has 0 aliphatic heterocycles. The van der Waals surface area contributed by atoms with Gasteiger partial charge in [-0.1, -0.05) is 59.1 Å². The van der Waals surface area contributed by atoms with Gasteiger partial charge in [-0.25, -0.2) is 13.8 Å². The topological polar surface area (TPSA) is 78.8 Å². The average Bonchev–Trinajstić information content (AvgIpc) is 2.74. The predicted molar refractivity (Wildman–Crippen MR) is 129 cm³/mol. The molecule has 0 spiro atoms. The molecule has 8 heteroatoms. The molecule has 0 bridgehead atoms. The van der Waals surface area contributed by atoms with Gasteiger partial charge in [-0.15, -0.1) is 0 Å². The van der Waals surface area contributed by atoms with E-state index in [0.29, 0.717) is 10.7 Å². The highest BCUT2D eigenvalue weighted by Crippen LogP contribution is 2.27. The number of carbonyl (C=O) groups is 1. The summed E-state index contributed by atoms with van der Waals surface area (Å²) in [7, 11) is -3.98. The highest BCUT2D eigenvalue weighted by atomic mass is 35.5. The number of anilines is 1. The van der Waals surface area contributed by atoms with Gasteiger partial charge in [0.1, 0.15) is 6.54 Å². The van der Waals surface area contributed by atoms with Crippen LogP contribution in [0.15, 0.2) is 76.7 Å². The molecule has 0 aromatic heterocycles. The number of sulfonamides is 1. The minimum absolute atomic E-state index is 0.112. The van der Waals surface area contributed by atoms with Crippen molar-refractivity contribution in [1.82, 2.24) is 5.43 Å². The Balaban J connectivity index is 1.87. The van der Waals surface area contributed by atoms with Crippen molar-refractivity contribution in [2.24, 2.45) is 5.10 Å². The minimum Gasteiger partial charge on any atom is -0.271 e. The van der Waals surface area contributed by atoms with Gasteiger partial charge in [-0.05, 0) is 62.2 Å². The van der Waals surface area contributed by atoms with Crippen molar-refractivity contribution < 1.29 is 13.2 Å². The Morgan fingerprint density at radius 2 is 1.59 bits per heavy atom. The van der Waals surface area contributed by atoms with Crippen molar-refractivity contribution in [3.8, 4) is 0 Å². The highest BCUT2D eigenvalue weighted by Gasteiger charge is 2.28. The Kier molecular flexibility index (Phi) is 7.33. The van der Waals surface area contributed by atoms with Crippen LogP contribution in [0, 0.1) is 20.8 Å². The number of benzene rings is 3. The lowest BCUT2D eigenvalue weighted by Gasteiger charge is -2.25. The maximum atomic E-state index is 13.4. The zero-order valence-corrected chi connectivity index (χ0v) is 19.6. The maximum absolute atomic E-state index is 13.4. The molecule has 0 fully saturated rings. The molecule has 3 aromatic rings. The molecule has 6 nitrogen and oxygen atoms in total. The van der Waals surface area contributed by atoms with E-state index in [4.69, 9.17) is 11.6 Å². The first kappa shape index (κ1) is 23.5. The fraction of sp³-hybridized carbons (Fsp3) is 0.167. The van der Waals surface area contributed by atoms with Gasteiger partial charge in [-0.3, -0.25) is 9.10 Å². The molecule has 0 radical (unpaired) electrons. The fourth-order valence-corrected chi connectivity index (χ4v) is 4.73. The third-order valence-corrected chi connectivity index (χ3v) is 6.82. The molecule has 0 atom stereocenters. The minimum atomic E-state index is -3.98. The summed E-state index contributed by atoms with van der Waals surface area (Å²) >= 11 is 5.86. The Hall–Kier alpha value is -3.16. The van der Waals surface area contributed by atoms with Crippen molar-refractivity contribution >= 4 is 39.4 Å². The monoisotopic (exact) mass is 469 g/mol. The van der Waals surface area contributed by atoms with Crippen molar-refractivity contribution in [1.29, 1.82) is 0 Å². The number of aryl methyl sites for hydroxylation is 3. The van der Waals surface area contributed by atoms with E-state index in [0.717, 1.165) is 26.6 Å². The Morgan fingerprint density at radius 3 is 2.22 bits per heavy atom. The molecule has 166 valence electrons. The molecule has 0 saturated heterocycles. The van der Waals surface area contributed by atoms with E-state index in [1.807, 2.05) is 32.9 Å². The first-order chi connectivity index (χ1) is 15.2. The molecule has 0 saturated carbocycles. The second kappa shape index (κ2) is 9.97. The Morgan fingerprint density at radius 1 is 0.969 bits per heavy atom. The van der Waals surface area contributed by atoms with Crippen LogP contribution in [-0.2, 0) is 14.8 Å². The number of nitrogens with one attached hydrogen (secondary N) is 1. The first-order valence-corrected chi connectivity index (χ1v) is 11.7. The quantitative estimate of drug-likeness (QED) is 0.405. The SMILES string of the molecule is Cc1ccc(S(=O)(=O)N(CC(=O)N/N=C\c2ccc(Cl)cc2)c2ccc(C)cc2C)cc1. The number of amides is 1. The lowest BCUT2D eigenvalue weighted by atomic mass is 10.1. The normalized spacial score (nSPS) is 11.5. The van der Waals surface area contributed by atoms with Crippen LogP contribution < -0.4 is 9.73 Å². The third-order valence-electron chi connectivity index (χ3n) is 4.79. The predicted octanol–water partition coefficient (Wildman–Crippen LogP) is 4.61. The number of hydrogen-bond acceptors (Lipinski definition) is 4. The van der Waals surface area contributed by atoms with Gasteiger partial charge >= 0.3 is 0 Å². The van der Waals surface area contributed by atoms with Crippen LogP contribution in [-0.4, -0.2) is 27.1 Å². The average molecular weight is 470 g/mol.